The standard InChI is InChI=1S/C13H9BrClN3OS/c14-7-4-6-9(18-12(19)11(6)16)5-10(7)20-13-8(15)2-1-3-17-13/h1-5,11H,16H2,(H,18,19). The Labute approximate surface area is 133 Å². The van der Waals surface area contributed by atoms with Crippen LogP contribution in [0.2, 0.25) is 5.02 Å². The van der Waals surface area contributed by atoms with Gasteiger partial charge in [-0.2, -0.15) is 0 Å². The summed E-state index contributed by atoms with van der Waals surface area (Å²) in [5.41, 5.74) is 7.34. The van der Waals surface area contributed by atoms with E-state index < -0.39 is 6.04 Å². The highest BCUT2D eigenvalue weighted by Crippen LogP contribution is 2.41. The topological polar surface area (TPSA) is 68.0 Å². The summed E-state index contributed by atoms with van der Waals surface area (Å²) in [4.78, 5) is 16.7. The van der Waals surface area contributed by atoms with E-state index in [0.717, 1.165) is 20.6 Å². The van der Waals surface area contributed by atoms with Crippen LogP contribution in [-0.4, -0.2) is 10.9 Å². The first-order chi connectivity index (χ1) is 9.56. The highest BCUT2D eigenvalue weighted by atomic mass is 79.9. The number of anilines is 1. The molecule has 3 N–H and O–H groups in total. The molecule has 1 atom stereocenters. The van der Waals surface area contributed by atoms with E-state index in [1.165, 1.54) is 11.8 Å². The van der Waals surface area contributed by atoms with Gasteiger partial charge in [0.05, 0.1) is 5.02 Å². The maximum Gasteiger partial charge on any atom is 0.245 e. The minimum Gasteiger partial charge on any atom is -0.324 e. The molecule has 0 saturated heterocycles. The number of pyridine rings is 1. The maximum atomic E-state index is 11.6. The molecular formula is C13H9BrClN3OS. The first kappa shape index (κ1) is 13.9. The van der Waals surface area contributed by atoms with Crippen LogP contribution in [0.25, 0.3) is 0 Å². The molecule has 1 aromatic carbocycles. The minimum absolute atomic E-state index is 0.190. The van der Waals surface area contributed by atoms with E-state index in [0.29, 0.717) is 10.0 Å². The zero-order chi connectivity index (χ0) is 14.3. The molecule has 4 nitrogen and oxygen atoms in total. The van der Waals surface area contributed by atoms with Gasteiger partial charge < -0.3 is 11.1 Å². The Kier molecular flexibility index (Phi) is 3.72. The summed E-state index contributed by atoms with van der Waals surface area (Å²) in [5, 5.41) is 4.06. The zero-order valence-electron chi connectivity index (χ0n) is 10.1. The van der Waals surface area contributed by atoms with E-state index in [1.54, 1.807) is 18.3 Å². The lowest BCUT2D eigenvalue weighted by molar-refractivity contribution is -0.116. The predicted octanol–water partition coefficient (Wildman–Crippen LogP) is 3.60. The molecule has 2 aromatic rings. The van der Waals surface area contributed by atoms with E-state index in [1.807, 2.05) is 12.1 Å². The van der Waals surface area contributed by atoms with Gasteiger partial charge in [0.25, 0.3) is 0 Å². The number of carbonyl (C=O) groups is 1. The van der Waals surface area contributed by atoms with Crippen LogP contribution in [-0.2, 0) is 4.79 Å². The first-order valence-corrected chi connectivity index (χ1v) is 7.73. The van der Waals surface area contributed by atoms with Crippen LogP contribution in [0.5, 0.6) is 0 Å². The summed E-state index contributed by atoms with van der Waals surface area (Å²) >= 11 is 11.0. The maximum absolute atomic E-state index is 11.6. The number of rotatable bonds is 2. The molecule has 0 fully saturated rings. The predicted molar refractivity (Wildman–Crippen MR) is 83.1 cm³/mol. The summed E-state index contributed by atoms with van der Waals surface area (Å²) in [7, 11) is 0. The quantitative estimate of drug-likeness (QED) is 0.847. The van der Waals surface area contributed by atoms with Crippen LogP contribution >= 0.6 is 39.3 Å². The Bertz CT molecular complexity index is 710. The Morgan fingerprint density at radius 1 is 1.45 bits per heavy atom. The van der Waals surface area contributed by atoms with E-state index in [9.17, 15) is 4.79 Å². The first-order valence-electron chi connectivity index (χ1n) is 5.74. The highest BCUT2D eigenvalue weighted by molar-refractivity contribution is 9.10. The van der Waals surface area contributed by atoms with Crippen LogP contribution in [0, 0.1) is 0 Å². The number of nitrogens with zero attached hydrogens (tertiary/aromatic N) is 1. The summed E-state index contributed by atoms with van der Waals surface area (Å²) in [5.74, 6) is -0.190. The molecule has 102 valence electrons. The van der Waals surface area contributed by atoms with Gasteiger partial charge in [-0.1, -0.05) is 23.4 Å². The molecule has 0 bridgehead atoms. The average Bonchev–Trinajstić information content (AvgIpc) is 2.69. The molecule has 20 heavy (non-hydrogen) atoms. The van der Waals surface area contributed by atoms with Gasteiger partial charge in [-0.15, -0.1) is 0 Å². The van der Waals surface area contributed by atoms with Crippen molar-refractivity contribution in [3.63, 3.8) is 0 Å². The van der Waals surface area contributed by atoms with Crippen molar-refractivity contribution in [2.45, 2.75) is 16.0 Å². The fraction of sp³-hybridized carbons (Fsp3) is 0.0769. The smallest absolute Gasteiger partial charge is 0.245 e. The number of hydrogen-bond acceptors (Lipinski definition) is 4. The van der Waals surface area contributed by atoms with Gasteiger partial charge in [0, 0.05) is 26.8 Å². The lowest BCUT2D eigenvalue weighted by atomic mass is 10.1. The molecule has 7 heteroatoms. The number of nitrogens with two attached hydrogens (primary N) is 1. The van der Waals surface area contributed by atoms with Crippen molar-refractivity contribution in [2.75, 3.05) is 5.32 Å². The SMILES string of the molecule is NC1C(=O)Nc2cc(Sc3ncccc3Cl)c(Br)cc21. The van der Waals surface area contributed by atoms with E-state index >= 15 is 0 Å². The van der Waals surface area contributed by atoms with Crippen LogP contribution in [0.3, 0.4) is 0 Å². The number of amides is 1. The van der Waals surface area contributed by atoms with E-state index in [4.69, 9.17) is 17.3 Å². The van der Waals surface area contributed by atoms with Crippen molar-refractivity contribution in [3.8, 4) is 0 Å². The van der Waals surface area contributed by atoms with Crippen molar-refractivity contribution in [1.29, 1.82) is 0 Å². The molecular weight excluding hydrogens is 362 g/mol. The highest BCUT2D eigenvalue weighted by Gasteiger charge is 2.28. The summed E-state index contributed by atoms with van der Waals surface area (Å²) < 4.78 is 0.856. The van der Waals surface area contributed by atoms with Gasteiger partial charge in [-0.05, 0) is 40.2 Å². The zero-order valence-corrected chi connectivity index (χ0v) is 13.2. The molecule has 1 unspecified atom stereocenters. The molecule has 2 heterocycles. The molecule has 0 saturated carbocycles. The van der Waals surface area contributed by atoms with Crippen molar-refractivity contribution in [3.05, 3.63) is 45.5 Å². The molecule has 0 spiro atoms. The lowest BCUT2D eigenvalue weighted by Gasteiger charge is -2.08. The van der Waals surface area contributed by atoms with Crippen LogP contribution in [0.15, 0.2) is 44.9 Å². The van der Waals surface area contributed by atoms with Crippen molar-refractivity contribution < 1.29 is 4.79 Å². The number of aromatic nitrogens is 1. The number of hydrogen-bond donors (Lipinski definition) is 2. The van der Waals surface area contributed by atoms with Crippen LogP contribution in [0.1, 0.15) is 11.6 Å². The second-order valence-corrected chi connectivity index (χ2v) is 6.52. The molecule has 3 rings (SSSR count). The van der Waals surface area contributed by atoms with Crippen molar-refractivity contribution >= 4 is 50.9 Å². The summed E-state index contributed by atoms with van der Waals surface area (Å²) in [6, 6.07) is 6.69. The van der Waals surface area contributed by atoms with Gasteiger partial charge in [0.2, 0.25) is 5.91 Å². The van der Waals surface area contributed by atoms with Gasteiger partial charge >= 0.3 is 0 Å². The fourth-order valence-electron chi connectivity index (χ4n) is 1.91. The number of fused-ring (bicyclic) bond motifs is 1. The lowest BCUT2D eigenvalue weighted by Crippen LogP contribution is -2.19. The molecule has 1 aromatic heterocycles. The van der Waals surface area contributed by atoms with E-state index in [-0.39, 0.29) is 5.91 Å². The molecule has 1 aliphatic rings. The number of benzene rings is 1. The van der Waals surface area contributed by atoms with Crippen LogP contribution in [0.4, 0.5) is 5.69 Å². The second-order valence-electron chi connectivity index (χ2n) is 4.23. The molecule has 1 amide bonds. The average molecular weight is 371 g/mol. The van der Waals surface area contributed by atoms with E-state index in [2.05, 4.69) is 26.2 Å². The van der Waals surface area contributed by atoms with Gasteiger partial charge in [-0.3, -0.25) is 4.79 Å². The Morgan fingerprint density at radius 3 is 3.00 bits per heavy atom. The third kappa shape index (κ3) is 2.44. The summed E-state index contributed by atoms with van der Waals surface area (Å²) in [6.45, 7) is 0. The van der Waals surface area contributed by atoms with Gasteiger partial charge in [-0.25, -0.2) is 4.98 Å². The third-order valence-corrected chi connectivity index (χ3v) is 5.32. The normalized spacial score (nSPS) is 16.9. The third-order valence-electron chi connectivity index (χ3n) is 2.91. The fourth-order valence-corrected chi connectivity index (χ4v) is 3.58. The Morgan fingerprint density at radius 2 is 2.25 bits per heavy atom. The number of nitrogens with one attached hydrogen (secondary N) is 1. The monoisotopic (exact) mass is 369 g/mol. The van der Waals surface area contributed by atoms with Gasteiger partial charge in [0.15, 0.2) is 0 Å². The van der Waals surface area contributed by atoms with Crippen LogP contribution < -0.4 is 11.1 Å². The van der Waals surface area contributed by atoms with Crippen molar-refractivity contribution in [2.24, 2.45) is 5.73 Å². The molecule has 0 aliphatic carbocycles. The second kappa shape index (κ2) is 5.37. The Balaban J connectivity index is 1.99. The molecule has 0 radical (unpaired) electrons. The minimum atomic E-state index is -0.612. The van der Waals surface area contributed by atoms with Crippen molar-refractivity contribution in [1.82, 2.24) is 4.98 Å². The number of carbonyl (C=O) groups excluding carboxylic acids is 1. The largest absolute Gasteiger partial charge is 0.324 e. The Hall–Kier alpha value is -1.08. The number of halogens is 2. The summed E-state index contributed by atoms with van der Waals surface area (Å²) in [6.07, 6.45) is 1.69. The van der Waals surface area contributed by atoms with Gasteiger partial charge in [0.1, 0.15) is 11.1 Å². The molecule has 1 aliphatic heterocycles.